The molecular weight excluding hydrogens is 154 g/mol. The van der Waals surface area contributed by atoms with E-state index in [0.717, 1.165) is 32.5 Å². The molecule has 0 unspecified atom stereocenters. The topological polar surface area (TPSA) is 53.2 Å². The normalized spacial score (nSPS) is 29.8. The van der Waals surface area contributed by atoms with Crippen LogP contribution in [-0.2, 0) is 4.79 Å². The van der Waals surface area contributed by atoms with Crippen LogP contribution in [0.4, 0.5) is 0 Å². The molecule has 1 saturated heterocycles. The molecule has 3 N–H and O–H groups in total. The summed E-state index contributed by atoms with van der Waals surface area (Å²) < 4.78 is 0. The van der Waals surface area contributed by atoms with Crippen molar-refractivity contribution in [3.63, 3.8) is 0 Å². The average molecular weight is 169 g/mol. The minimum absolute atomic E-state index is 0.0145. The molecule has 0 aromatic carbocycles. The molecule has 1 saturated carbocycles. The second-order valence-electron chi connectivity index (χ2n) is 3.49. The lowest BCUT2D eigenvalue weighted by atomic mass is 10.2. The first-order chi connectivity index (χ1) is 5.86. The molecule has 0 radical (unpaired) electrons. The molecule has 2 rings (SSSR count). The van der Waals surface area contributed by atoms with Crippen molar-refractivity contribution < 1.29 is 4.79 Å². The maximum Gasteiger partial charge on any atom is 0.238 e. The molecule has 1 heterocycles. The van der Waals surface area contributed by atoms with E-state index >= 15 is 0 Å². The number of nitrogens with one attached hydrogen (secondary N) is 3. The molecule has 1 amide bonds. The fourth-order valence-corrected chi connectivity index (χ4v) is 1.37. The van der Waals surface area contributed by atoms with E-state index < -0.39 is 0 Å². The second kappa shape index (κ2) is 3.41. The first kappa shape index (κ1) is 8.01. The molecule has 0 bridgehead atoms. The molecule has 12 heavy (non-hydrogen) atoms. The average Bonchev–Trinajstić information content (AvgIpc) is 2.90. The van der Waals surface area contributed by atoms with Crippen molar-refractivity contribution in [2.24, 2.45) is 0 Å². The highest BCUT2D eigenvalue weighted by atomic mass is 16.2. The lowest BCUT2D eigenvalue weighted by molar-refractivity contribution is -0.123. The number of piperazine rings is 1. The van der Waals surface area contributed by atoms with E-state index in [1.54, 1.807) is 0 Å². The van der Waals surface area contributed by atoms with E-state index in [2.05, 4.69) is 16.0 Å². The Kier molecular flexibility index (Phi) is 2.28. The van der Waals surface area contributed by atoms with Crippen LogP contribution >= 0.6 is 0 Å². The molecule has 4 nitrogen and oxygen atoms in total. The van der Waals surface area contributed by atoms with E-state index in [1.165, 1.54) is 0 Å². The number of hydrogen-bond acceptors (Lipinski definition) is 3. The van der Waals surface area contributed by atoms with Crippen LogP contribution in [0, 0.1) is 0 Å². The van der Waals surface area contributed by atoms with Crippen molar-refractivity contribution in [2.45, 2.75) is 24.9 Å². The molecule has 0 aromatic rings. The van der Waals surface area contributed by atoms with Gasteiger partial charge in [0.15, 0.2) is 0 Å². The van der Waals surface area contributed by atoms with E-state index in [0.29, 0.717) is 6.04 Å². The van der Waals surface area contributed by atoms with Gasteiger partial charge in [0.2, 0.25) is 5.91 Å². The summed E-state index contributed by atoms with van der Waals surface area (Å²) >= 11 is 0. The van der Waals surface area contributed by atoms with Crippen LogP contribution < -0.4 is 16.0 Å². The number of hydrogen-bond donors (Lipinski definition) is 3. The Morgan fingerprint density at radius 2 is 2.17 bits per heavy atom. The molecule has 68 valence electrons. The van der Waals surface area contributed by atoms with Gasteiger partial charge in [-0.05, 0) is 12.8 Å². The van der Waals surface area contributed by atoms with Crippen molar-refractivity contribution in [1.29, 1.82) is 0 Å². The van der Waals surface area contributed by atoms with Crippen LogP contribution in [-0.4, -0.2) is 37.6 Å². The minimum Gasteiger partial charge on any atom is -0.352 e. The van der Waals surface area contributed by atoms with Crippen molar-refractivity contribution in [3.8, 4) is 0 Å². The fraction of sp³-hybridized carbons (Fsp3) is 0.875. The highest BCUT2D eigenvalue weighted by Crippen LogP contribution is 2.18. The first-order valence-electron chi connectivity index (χ1n) is 4.61. The number of rotatable bonds is 2. The maximum absolute atomic E-state index is 11.4. The zero-order chi connectivity index (χ0) is 8.39. The third kappa shape index (κ3) is 1.95. The van der Waals surface area contributed by atoms with Crippen LogP contribution in [0.3, 0.4) is 0 Å². The van der Waals surface area contributed by atoms with Gasteiger partial charge in [-0.3, -0.25) is 4.79 Å². The zero-order valence-electron chi connectivity index (χ0n) is 7.10. The predicted octanol–water partition coefficient (Wildman–Crippen LogP) is -1.17. The summed E-state index contributed by atoms with van der Waals surface area (Å²) in [4.78, 5) is 11.4. The van der Waals surface area contributed by atoms with Crippen LogP contribution in [0.25, 0.3) is 0 Å². The van der Waals surface area contributed by atoms with E-state index in [4.69, 9.17) is 0 Å². The van der Waals surface area contributed by atoms with Crippen molar-refractivity contribution >= 4 is 5.91 Å². The molecular formula is C8H15N3O. The van der Waals surface area contributed by atoms with Crippen LogP contribution in [0.5, 0.6) is 0 Å². The van der Waals surface area contributed by atoms with E-state index in [-0.39, 0.29) is 11.9 Å². The predicted molar refractivity (Wildman–Crippen MR) is 45.8 cm³/mol. The van der Waals surface area contributed by atoms with Crippen LogP contribution in [0.2, 0.25) is 0 Å². The lowest BCUT2D eigenvalue weighted by Crippen LogP contribution is -2.56. The first-order valence-corrected chi connectivity index (χ1v) is 4.61. The van der Waals surface area contributed by atoms with E-state index in [1.807, 2.05) is 0 Å². The Morgan fingerprint density at radius 3 is 2.75 bits per heavy atom. The van der Waals surface area contributed by atoms with Gasteiger partial charge in [-0.1, -0.05) is 0 Å². The smallest absolute Gasteiger partial charge is 0.238 e. The molecule has 2 aliphatic rings. The largest absolute Gasteiger partial charge is 0.352 e. The summed E-state index contributed by atoms with van der Waals surface area (Å²) in [6.07, 6.45) is 2.32. The minimum atomic E-state index is -0.0145. The summed E-state index contributed by atoms with van der Waals surface area (Å²) in [6.45, 7) is 2.62. The lowest BCUT2D eigenvalue weighted by Gasteiger charge is -2.23. The van der Waals surface area contributed by atoms with Gasteiger partial charge in [-0.25, -0.2) is 0 Å². The van der Waals surface area contributed by atoms with Gasteiger partial charge in [0.25, 0.3) is 0 Å². The fourth-order valence-electron chi connectivity index (χ4n) is 1.37. The number of carbonyl (C=O) groups is 1. The molecule has 2 fully saturated rings. The third-order valence-electron chi connectivity index (χ3n) is 2.28. The van der Waals surface area contributed by atoms with E-state index in [9.17, 15) is 4.79 Å². The zero-order valence-corrected chi connectivity index (χ0v) is 7.10. The number of amides is 1. The Morgan fingerprint density at radius 1 is 1.33 bits per heavy atom. The van der Waals surface area contributed by atoms with Gasteiger partial charge in [0, 0.05) is 25.7 Å². The third-order valence-corrected chi connectivity index (χ3v) is 2.28. The standard InChI is InChI=1S/C8H15N3O/c12-8(11-6-1-2-6)7-5-9-3-4-10-7/h6-7,9-10H,1-5H2,(H,11,12)/t7-/m1/s1. The quantitative estimate of drug-likeness (QED) is 0.488. The maximum atomic E-state index is 11.4. The van der Waals surface area contributed by atoms with Gasteiger partial charge >= 0.3 is 0 Å². The Bertz CT molecular complexity index is 173. The van der Waals surface area contributed by atoms with Crippen LogP contribution in [0.15, 0.2) is 0 Å². The summed E-state index contributed by atoms with van der Waals surface area (Å²) in [5, 5.41) is 9.35. The van der Waals surface area contributed by atoms with Crippen molar-refractivity contribution in [2.75, 3.05) is 19.6 Å². The van der Waals surface area contributed by atoms with Gasteiger partial charge in [0.1, 0.15) is 0 Å². The van der Waals surface area contributed by atoms with Crippen LogP contribution in [0.1, 0.15) is 12.8 Å². The van der Waals surface area contributed by atoms with Gasteiger partial charge in [0.05, 0.1) is 6.04 Å². The van der Waals surface area contributed by atoms with Gasteiger partial charge in [-0.15, -0.1) is 0 Å². The molecule has 1 aliphatic heterocycles. The summed E-state index contributed by atoms with van der Waals surface area (Å²) in [6, 6.07) is 0.459. The molecule has 1 aliphatic carbocycles. The number of carbonyl (C=O) groups excluding carboxylic acids is 1. The molecule has 1 atom stereocenters. The molecule has 0 spiro atoms. The highest BCUT2D eigenvalue weighted by molar-refractivity contribution is 5.82. The molecule has 4 heteroatoms. The second-order valence-corrected chi connectivity index (χ2v) is 3.49. The SMILES string of the molecule is O=C(NC1CC1)[C@H]1CNCCN1. The molecule has 0 aromatic heterocycles. The summed E-state index contributed by atoms with van der Waals surface area (Å²) in [7, 11) is 0. The Labute approximate surface area is 72.1 Å². The van der Waals surface area contributed by atoms with Crippen molar-refractivity contribution in [3.05, 3.63) is 0 Å². The highest BCUT2D eigenvalue weighted by Gasteiger charge is 2.27. The monoisotopic (exact) mass is 169 g/mol. The summed E-state index contributed by atoms with van der Waals surface area (Å²) in [5.41, 5.74) is 0. The Hall–Kier alpha value is -0.610. The van der Waals surface area contributed by atoms with Gasteiger partial charge < -0.3 is 16.0 Å². The summed E-state index contributed by atoms with van der Waals surface area (Å²) in [5.74, 6) is 0.157. The Balaban J connectivity index is 1.76. The van der Waals surface area contributed by atoms with Crippen molar-refractivity contribution in [1.82, 2.24) is 16.0 Å². The van der Waals surface area contributed by atoms with Gasteiger partial charge in [-0.2, -0.15) is 0 Å².